The Balaban J connectivity index is 1.73. The number of benzene rings is 2. The number of fused-ring (bicyclic) bond motifs is 1. The van der Waals surface area contributed by atoms with Crippen molar-refractivity contribution in [3.8, 4) is 0 Å². The third-order valence-electron chi connectivity index (χ3n) is 3.44. The van der Waals surface area contributed by atoms with E-state index in [1.54, 1.807) is 24.3 Å². The highest BCUT2D eigenvalue weighted by molar-refractivity contribution is 7.92. The van der Waals surface area contributed by atoms with Crippen molar-refractivity contribution in [3.63, 3.8) is 0 Å². The Morgan fingerprint density at radius 2 is 1.78 bits per heavy atom. The molecule has 1 heterocycles. The van der Waals surface area contributed by atoms with Gasteiger partial charge in [0, 0.05) is 0 Å². The Bertz CT molecular complexity index is 930. The Morgan fingerprint density at radius 3 is 2.52 bits per heavy atom. The third kappa shape index (κ3) is 3.60. The molecule has 0 aliphatic carbocycles. The molecule has 6 heteroatoms. The second-order valence-corrected chi connectivity index (χ2v) is 7.11. The van der Waals surface area contributed by atoms with E-state index in [0.717, 1.165) is 10.8 Å². The molecule has 3 aromatic rings. The van der Waals surface area contributed by atoms with E-state index in [9.17, 15) is 13.2 Å². The minimum Gasteiger partial charge on any atom is -0.467 e. The largest absolute Gasteiger partial charge is 0.467 e. The van der Waals surface area contributed by atoms with Gasteiger partial charge >= 0.3 is 0 Å². The summed E-state index contributed by atoms with van der Waals surface area (Å²) in [4.78, 5) is 12.0. The molecule has 0 unspecified atom stereocenters. The van der Waals surface area contributed by atoms with Crippen LogP contribution in [0.3, 0.4) is 0 Å². The van der Waals surface area contributed by atoms with Gasteiger partial charge in [0.2, 0.25) is 5.91 Å². The normalized spacial score (nSPS) is 11.5. The average Bonchev–Trinajstić information content (AvgIpc) is 3.05. The van der Waals surface area contributed by atoms with Crippen LogP contribution in [0.1, 0.15) is 5.76 Å². The van der Waals surface area contributed by atoms with Crippen molar-refractivity contribution in [2.24, 2.45) is 0 Å². The lowest BCUT2D eigenvalue weighted by Gasteiger charge is -2.07. The lowest BCUT2D eigenvalue weighted by Crippen LogP contribution is -2.29. The molecule has 0 aliphatic heterocycles. The number of sulfone groups is 1. The highest BCUT2D eigenvalue weighted by Gasteiger charge is 2.19. The van der Waals surface area contributed by atoms with E-state index in [-0.39, 0.29) is 11.4 Å². The van der Waals surface area contributed by atoms with E-state index in [1.165, 1.54) is 12.3 Å². The fourth-order valence-corrected chi connectivity index (χ4v) is 3.46. The summed E-state index contributed by atoms with van der Waals surface area (Å²) >= 11 is 0. The number of furan rings is 1. The molecule has 0 fully saturated rings. The van der Waals surface area contributed by atoms with Crippen molar-refractivity contribution in [2.75, 3.05) is 5.75 Å². The number of carbonyl (C=O) groups is 1. The summed E-state index contributed by atoms with van der Waals surface area (Å²) in [6.45, 7) is 0.166. The quantitative estimate of drug-likeness (QED) is 0.780. The van der Waals surface area contributed by atoms with Gasteiger partial charge in [0.1, 0.15) is 11.5 Å². The van der Waals surface area contributed by atoms with Crippen LogP contribution in [0.15, 0.2) is 70.2 Å². The maximum atomic E-state index is 12.4. The molecule has 23 heavy (non-hydrogen) atoms. The lowest BCUT2D eigenvalue weighted by atomic mass is 10.1. The third-order valence-corrected chi connectivity index (χ3v) is 5.06. The minimum atomic E-state index is -3.68. The van der Waals surface area contributed by atoms with Gasteiger partial charge < -0.3 is 9.73 Å². The molecule has 0 saturated heterocycles. The zero-order valence-electron chi connectivity index (χ0n) is 12.2. The highest BCUT2D eigenvalue weighted by Crippen LogP contribution is 2.19. The molecule has 1 amide bonds. The van der Waals surface area contributed by atoms with Gasteiger partial charge in [0.25, 0.3) is 0 Å². The Hall–Kier alpha value is -2.60. The molecule has 1 N–H and O–H groups in total. The standard InChI is InChI=1S/C17H15NO4S/c19-17(18-11-15-6-3-9-22-15)12-23(20,21)16-8-7-13-4-1-2-5-14(13)10-16/h1-10H,11-12H2,(H,18,19). The summed E-state index contributed by atoms with van der Waals surface area (Å²) in [5.74, 6) is -0.581. The van der Waals surface area contributed by atoms with Crippen LogP contribution in [-0.2, 0) is 21.2 Å². The zero-order chi connectivity index (χ0) is 16.3. The van der Waals surface area contributed by atoms with E-state index in [0.29, 0.717) is 5.76 Å². The first-order valence-electron chi connectivity index (χ1n) is 7.05. The Labute approximate surface area is 133 Å². The van der Waals surface area contributed by atoms with Crippen LogP contribution in [0.25, 0.3) is 10.8 Å². The fraction of sp³-hybridized carbons (Fsp3) is 0.118. The number of hydrogen-bond acceptors (Lipinski definition) is 4. The first-order chi connectivity index (χ1) is 11.0. The van der Waals surface area contributed by atoms with Crippen molar-refractivity contribution in [1.29, 1.82) is 0 Å². The van der Waals surface area contributed by atoms with Crippen molar-refractivity contribution >= 4 is 26.5 Å². The SMILES string of the molecule is O=C(CS(=O)(=O)c1ccc2ccccc2c1)NCc1ccco1. The summed E-state index contributed by atoms with van der Waals surface area (Å²) in [7, 11) is -3.68. The summed E-state index contributed by atoms with van der Waals surface area (Å²) in [5.41, 5.74) is 0. The molecule has 0 radical (unpaired) electrons. The topological polar surface area (TPSA) is 76.4 Å². The average molecular weight is 329 g/mol. The van der Waals surface area contributed by atoms with E-state index >= 15 is 0 Å². The molecule has 1 aromatic heterocycles. The number of nitrogens with one attached hydrogen (secondary N) is 1. The molecule has 3 rings (SSSR count). The van der Waals surface area contributed by atoms with Gasteiger partial charge in [-0.25, -0.2) is 8.42 Å². The van der Waals surface area contributed by atoms with Gasteiger partial charge in [-0.15, -0.1) is 0 Å². The molecule has 5 nitrogen and oxygen atoms in total. The number of hydrogen-bond donors (Lipinski definition) is 1. The van der Waals surface area contributed by atoms with Crippen LogP contribution in [0.4, 0.5) is 0 Å². The molecule has 0 spiro atoms. The van der Waals surface area contributed by atoms with Crippen molar-refractivity contribution in [2.45, 2.75) is 11.4 Å². The monoisotopic (exact) mass is 329 g/mol. The molecule has 118 valence electrons. The van der Waals surface area contributed by atoms with Crippen LogP contribution < -0.4 is 5.32 Å². The fourth-order valence-electron chi connectivity index (χ4n) is 2.27. The van der Waals surface area contributed by atoms with Crippen LogP contribution in [0.5, 0.6) is 0 Å². The van der Waals surface area contributed by atoms with E-state index < -0.39 is 21.5 Å². The predicted molar refractivity (Wildman–Crippen MR) is 86.6 cm³/mol. The van der Waals surface area contributed by atoms with Gasteiger partial charge in [-0.05, 0) is 35.0 Å². The molecular weight excluding hydrogens is 314 g/mol. The molecule has 0 atom stereocenters. The molecule has 2 aromatic carbocycles. The Kier molecular flexibility index (Phi) is 4.16. The van der Waals surface area contributed by atoms with Crippen LogP contribution in [0.2, 0.25) is 0 Å². The number of carbonyl (C=O) groups excluding carboxylic acids is 1. The summed E-state index contributed by atoms with van der Waals surface area (Å²) in [6, 6.07) is 15.7. The predicted octanol–water partition coefficient (Wildman–Crippen LogP) is 2.52. The molecular formula is C17H15NO4S. The van der Waals surface area contributed by atoms with Crippen molar-refractivity contribution < 1.29 is 17.6 Å². The van der Waals surface area contributed by atoms with Gasteiger partial charge in [-0.2, -0.15) is 0 Å². The summed E-state index contributed by atoms with van der Waals surface area (Å²) < 4.78 is 29.8. The van der Waals surface area contributed by atoms with Gasteiger partial charge in [0.05, 0.1) is 17.7 Å². The van der Waals surface area contributed by atoms with E-state index in [1.807, 2.05) is 24.3 Å². The second kappa shape index (κ2) is 6.26. The van der Waals surface area contributed by atoms with Gasteiger partial charge in [-0.1, -0.05) is 30.3 Å². The smallest absolute Gasteiger partial charge is 0.235 e. The minimum absolute atomic E-state index is 0.143. The van der Waals surface area contributed by atoms with Crippen molar-refractivity contribution in [1.82, 2.24) is 5.32 Å². The maximum Gasteiger partial charge on any atom is 0.235 e. The van der Waals surface area contributed by atoms with Crippen molar-refractivity contribution in [3.05, 3.63) is 66.6 Å². The number of amides is 1. The van der Waals surface area contributed by atoms with Gasteiger partial charge in [-0.3, -0.25) is 4.79 Å². The first-order valence-corrected chi connectivity index (χ1v) is 8.70. The molecule has 0 saturated carbocycles. The molecule has 0 bridgehead atoms. The van der Waals surface area contributed by atoms with Crippen LogP contribution in [-0.4, -0.2) is 20.1 Å². The first kappa shape index (κ1) is 15.3. The van der Waals surface area contributed by atoms with Crippen LogP contribution >= 0.6 is 0 Å². The second-order valence-electron chi connectivity index (χ2n) is 5.12. The zero-order valence-corrected chi connectivity index (χ0v) is 13.0. The Morgan fingerprint density at radius 1 is 1.00 bits per heavy atom. The van der Waals surface area contributed by atoms with E-state index in [4.69, 9.17) is 4.42 Å². The van der Waals surface area contributed by atoms with Gasteiger partial charge in [0.15, 0.2) is 9.84 Å². The molecule has 0 aliphatic rings. The van der Waals surface area contributed by atoms with E-state index in [2.05, 4.69) is 5.32 Å². The number of rotatable bonds is 5. The summed E-state index contributed by atoms with van der Waals surface area (Å²) in [5, 5.41) is 4.31. The summed E-state index contributed by atoms with van der Waals surface area (Å²) in [6.07, 6.45) is 1.49. The highest BCUT2D eigenvalue weighted by atomic mass is 32.2. The lowest BCUT2D eigenvalue weighted by molar-refractivity contribution is -0.118. The maximum absolute atomic E-state index is 12.4. The van der Waals surface area contributed by atoms with Crippen LogP contribution in [0, 0.1) is 0 Å².